The molecular weight excluding hydrogens is 359 g/mol. The molecule has 2 heterocycles. The first-order valence-electron chi connectivity index (χ1n) is 7.57. The number of nitrogens with zero attached hydrogens (tertiary/aromatic N) is 3. The molecule has 0 aliphatic carbocycles. The summed E-state index contributed by atoms with van der Waals surface area (Å²) in [6.07, 6.45) is -3.69. The van der Waals surface area contributed by atoms with Crippen molar-refractivity contribution in [3.8, 4) is 0 Å². The largest absolute Gasteiger partial charge is 0.417 e. The van der Waals surface area contributed by atoms with E-state index in [1.165, 1.54) is 0 Å². The lowest BCUT2D eigenvalue weighted by Gasteiger charge is -2.30. The predicted molar refractivity (Wildman–Crippen MR) is 90.7 cm³/mol. The maximum atomic E-state index is 12.7. The standard InChI is InChI=1S/C15H20F3N3OS2/c1-9(2)21(10(3)4)5-6-24(22)14-20-13-12(23-14)7-11(8-19-13)15(16,17)18/h7-10H,5-6H2,1-4H3. The van der Waals surface area contributed by atoms with Crippen LogP contribution >= 0.6 is 11.3 Å². The molecule has 4 nitrogen and oxygen atoms in total. The Labute approximate surface area is 145 Å². The molecule has 2 rings (SSSR count). The summed E-state index contributed by atoms with van der Waals surface area (Å²) in [7, 11) is -1.35. The van der Waals surface area contributed by atoms with Crippen molar-refractivity contribution in [2.75, 3.05) is 12.3 Å². The van der Waals surface area contributed by atoms with Crippen molar-refractivity contribution in [2.24, 2.45) is 0 Å². The molecular formula is C15H20F3N3OS2. The second-order valence-corrected chi connectivity index (χ2v) is 8.77. The van der Waals surface area contributed by atoms with E-state index in [1.54, 1.807) is 0 Å². The molecule has 0 saturated carbocycles. The molecule has 0 amide bonds. The lowest BCUT2D eigenvalue weighted by atomic mass is 10.2. The summed E-state index contributed by atoms with van der Waals surface area (Å²) in [5, 5.41) is 0. The number of fused-ring (bicyclic) bond motifs is 1. The van der Waals surface area contributed by atoms with Crippen LogP contribution in [-0.2, 0) is 17.0 Å². The van der Waals surface area contributed by atoms with Crippen molar-refractivity contribution in [2.45, 2.75) is 50.3 Å². The van der Waals surface area contributed by atoms with Crippen LogP contribution in [0.2, 0.25) is 0 Å². The molecule has 1 unspecified atom stereocenters. The Hall–Kier alpha value is -1.06. The summed E-state index contributed by atoms with van der Waals surface area (Å²) in [6, 6.07) is 1.66. The number of pyridine rings is 1. The van der Waals surface area contributed by atoms with Gasteiger partial charge in [-0.25, -0.2) is 9.97 Å². The van der Waals surface area contributed by atoms with E-state index in [2.05, 4.69) is 42.6 Å². The minimum absolute atomic E-state index is 0.209. The van der Waals surface area contributed by atoms with Gasteiger partial charge in [0.05, 0.1) is 21.1 Å². The second-order valence-electron chi connectivity index (χ2n) is 6.00. The average Bonchev–Trinajstić information content (AvgIpc) is 2.88. The van der Waals surface area contributed by atoms with Crippen LogP contribution in [0.15, 0.2) is 16.6 Å². The zero-order valence-corrected chi connectivity index (χ0v) is 15.6. The molecule has 0 aromatic carbocycles. The van der Waals surface area contributed by atoms with E-state index in [9.17, 15) is 17.4 Å². The number of aromatic nitrogens is 2. The van der Waals surface area contributed by atoms with E-state index >= 15 is 0 Å². The number of halogens is 3. The zero-order chi connectivity index (χ0) is 18.1. The second kappa shape index (κ2) is 7.45. The van der Waals surface area contributed by atoms with Gasteiger partial charge in [0.25, 0.3) is 0 Å². The molecule has 0 fully saturated rings. The zero-order valence-electron chi connectivity index (χ0n) is 13.9. The molecule has 0 aliphatic heterocycles. The maximum Gasteiger partial charge on any atom is 0.417 e. The van der Waals surface area contributed by atoms with Gasteiger partial charge in [0, 0.05) is 30.6 Å². The normalized spacial score (nSPS) is 14.2. The van der Waals surface area contributed by atoms with Crippen LogP contribution < -0.4 is 0 Å². The van der Waals surface area contributed by atoms with Crippen molar-refractivity contribution < 1.29 is 17.4 Å². The van der Waals surface area contributed by atoms with Gasteiger partial charge in [-0.05, 0) is 33.8 Å². The van der Waals surface area contributed by atoms with E-state index in [4.69, 9.17) is 0 Å². The summed E-state index contributed by atoms with van der Waals surface area (Å²) in [5.74, 6) is 0.391. The third-order valence-corrected chi connectivity index (χ3v) is 6.24. The van der Waals surface area contributed by atoms with Crippen LogP contribution in [0.25, 0.3) is 10.3 Å². The molecule has 0 N–H and O–H groups in total. The highest BCUT2D eigenvalue weighted by molar-refractivity contribution is 7.87. The van der Waals surface area contributed by atoms with Crippen LogP contribution in [0, 0.1) is 0 Å². The Balaban J connectivity index is 2.15. The van der Waals surface area contributed by atoms with E-state index in [0.29, 0.717) is 33.4 Å². The summed E-state index contributed by atoms with van der Waals surface area (Å²) in [5.41, 5.74) is -0.609. The van der Waals surface area contributed by atoms with E-state index < -0.39 is 22.5 Å². The number of hydrogen-bond acceptors (Lipinski definition) is 5. The molecule has 2 aromatic heterocycles. The highest BCUT2D eigenvalue weighted by Crippen LogP contribution is 2.32. The van der Waals surface area contributed by atoms with Gasteiger partial charge in [0.1, 0.15) is 0 Å². The van der Waals surface area contributed by atoms with Gasteiger partial charge in [-0.3, -0.25) is 9.11 Å². The number of thiazole rings is 1. The third kappa shape index (κ3) is 4.52. The molecule has 24 heavy (non-hydrogen) atoms. The summed E-state index contributed by atoms with van der Waals surface area (Å²) >= 11 is 1.01. The van der Waals surface area contributed by atoms with Crippen LogP contribution in [0.4, 0.5) is 13.2 Å². The van der Waals surface area contributed by atoms with Crippen molar-refractivity contribution >= 4 is 32.5 Å². The Morgan fingerprint density at radius 3 is 2.42 bits per heavy atom. The molecule has 0 aliphatic rings. The van der Waals surface area contributed by atoms with Gasteiger partial charge >= 0.3 is 6.18 Å². The minimum Gasteiger partial charge on any atom is -0.298 e. The van der Waals surface area contributed by atoms with Gasteiger partial charge in [-0.1, -0.05) is 0 Å². The van der Waals surface area contributed by atoms with Crippen LogP contribution in [0.1, 0.15) is 33.3 Å². The molecule has 0 bridgehead atoms. The van der Waals surface area contributed by atoms with Crippen molar-refractivity contribution in [1.29, 1.82) is 0 Å². The SMILES string of the molecule is CC(C)N(CCS(=O)c1nc2ncc(C(F)(F)F)cc2s1)C(C)C. The highest BCUT2D eigenvalue weighted by atomic mass is 32.2. The third-order valence-electron chi connectivity index (χ3n) is 3.61. The van der Waals surface area contributed by atoms with Crippen LogP contribution in [-0.4, -0.2) is 43.5 Å². The first-order valence-corrected chi connectivity index (χ1v) is 9.71. The van der Waals surface area contributed by atoms with Gasteiger partial charge < -0.3 is 0 Å². The topological polar surface area (TPSA) is 46.1 Å². The predicted octanol–water partition coefficient (Wildman–Crippen LogP) is 3.94. The van der Waals surface area contributed by atoms with Crippen LogP contribution in [0.3, 0.4) is 0 Å². The van der Waals surface area contributed by atoms with Crippen LogP contribution in [0.5, 0.6) is 0 Å². The van der Waals surface area contributed by atoms with Crippen molar-refractivity contribution in [1.82, 2.24) is 14.9 Å². The Kier molecular flexibility index (Phi) is 5.98. The smallest absolute Gasteiger partial charge is 0.298 e. The average molecular weight is 379 g/mol. The maximum absolute atomic E-state index is 12.7. The molecule has 9 heteroatoms. The van der Waals surface area contributed by atoms with E-state index in [1.807, 2.05) is 0 Å². The Morgan fingerprint density at radius 2 is 1.88 bits per heavy atom. The molecule has 134 valence electrons. The molecule has 0 spiro atoms. The van der Waals surface area contributed by atoms with Crippen molar-refractivity contribution in [3.63, 3.8) is 0 Å². The number of hydrogen-bond donors (Lipinski definition) is 0. The van der Waals surface area contributed by atoms with Gasteiger partial charge in [-0.2, -0.15) is 13.2 Å². The van der Waals surface area contributed by atoms with E-state index in [0.717, 1.165) is 23.6 Å². The fourth-order valence-corrected chi connectivity index (χ4v) is 4.77. The van der Waals surface area contributed by atoms with Gasteiger partial charge in [0.15, 0.2) is 9.99 Å². The molecule has 2 aromatic rings. The van der Waals surface area contributed by atoms with Crippen molar-refractivity contribution in [3.05, 3.63) is 17.8 Å². The lowest BCUT2D eigenvalue weighted by molar-refractivity contribution is -0.137. The molecule has 0 saturated heterocycles. The summed E-state index contributed by atoms with van der Waals surface area (Å²) in [4.78, 5) is 10.1. The fraction of sp³-hybridized carbons (Fsp3) is 0.600. The molecule has 0 radical (unpaired) electrons. The highest BCUT2D eigenvalue weighted by Gasteiger charge is 2.31. The Bertz CT molecular complexity index is 720. The number of rotatable bonds is 6. The van der Waals surface area contributed by atoms with E-state index in [-0.39, 0.29) is 5.65 Å². The Morgan fingerprint density at radius 1 is 1.25 bits per heavy atom. The number of alkyl halides is 3. The first-order chi connectivity index (χ1) is 11.1. The fourth-order valence-electron chi connectivity index (χ4n) is 2.44. The van der Waals surface area contributed by atoms with Gasteiger partial charge in [0.2, 0.25) is 0 Å². The minimum atomic E-state index is -4.44. The first kappa shape index (κ1) is 19.3. The lowest BCUT2D eigenvalue weighted by Crippen LogP contribution is -2.39. The molecule has 1 atom stereocenters. The quantitative estimate of drug-likeness (QED) is 0.763. The summed E-state index contributed by atoms with van der Waals surface area (Å²) in [6.45, 7) is 8.93. The monoisotopic (exact) mass is 379 g/mol. The van der Waals surface area contributed by atoms with Gasteiger partial charge in [-0.15, -0.1) is 11.3 Å². The summed E-state index contributed by atoms with van der Waals surface area (Å²) < 4.78 is 51.2.